The van der Waals surface area contributed by atoms with E-state index in [0.29, 0.717) is 0 Å². The Morgan fingerprint density at radius 2 is 1.11 bits per heavy atom. The van der Waals surface area contributed by atoms with Crippen LogP contribution in [-0.4, -0.2) is 32.5 Å². The zero-order valence-electron chi connectivity index (χ0n) is 16.2. The maximum Gasteiger partial charge on any atom is 0.294 e. The van der Waals surface area contributed by atoms with E-state index in [0.717, 1.165) is 17.7 Å². The minimum Gasteiger partial charge on any atom is -0.282 e. The molecule has 5 N–H and O–H groups in total. The number of benzene rings is 2. The molecule has 0 saturated heterocycles. The van der Waals surface area contributed by atoms with Gasteiger partial charge in [0.25, 0.3) is 20.2 Å². The van der Waals surface area contributed by atoms with Crippen molar-refractivity contribution >= 4 is 20.2 Å². The molecular formula is C18H28N2O6S2. The predicted octanol–water partition coefficient (Wildman–Crippen LogP) is 2.73. The molecule has 0 atom stereocenters. The topological polar surface area (TPSA) is 147 Å². The van der Waals surface area contributed by atoms with Crippen LogP contribution < -0.4 is 11.3 Å². The van der Waals surface area contributed by atoms with E-state index in [-0.39, 0.29) is 9.79 Å². The smallest absolute Gasteiger partial charge is 0.282 e. The van der Waals surface area contributed by atoms with Crippen molar-refractivity contribution in [2.24, 2.45) is 5.84 Å². The number of aryl methyl sites for hydroxylation is 2. The molecule has 0 aliphatic heterocycles. The molecule has 0 aromatic heterocycles. The summed E-state index contributed by atoms with van der Waals surface area (Å²) in [5.74, 6) is 4.96. The summed E-state index contributed by atoms with van der Waals surface area (Å²) in [5, 5.41) is 0. The molecule has 0 aliphatic rings. The number of hydrogen-bond acceptors (Lipinski definition) is 6. The molecule has 0 amide bonds. The van der Waals surface area contributed by atoms with E-state index in [2.05, 4.69) is 12.3 Å². The van der Waals surface area contributed by atoms with Crippen LogP contribution in [0.15, 0.2) is 58.3 Å². The Labute approximate surface area is 167 Å². The van der Waals surface area contributed by atoms with Crippen molar-refractivity contribution in [2.45, 2.75) is 43.4 Å². The van der Waals surface area contributed by atoms with Crippen LogP contribution in [0.25, 0.3) is 0 Å². The van der Waals surface area contributed by atoms with Crippen molar-refractivity contribution in [3.63, 3.8) is 0 Å². The SMILES string of the molecule is CCCCNN.Cc1ccc(S(=O)(=O)O)cc1.Cc1ccc(S(=O)(=O)O)cc1. The second kappa shape index (κ2) is 12.6. The van der Waals surface area contributed by atoms with Crippen LogP contribution in [0.3, 0.4) is 0 Å². The highest BCUT2D eigenvalue weighted by molar-refractivity contribution is 7.86. The van der Waals surface area contributed by atoms with Gasteiger partial charge in [-0.1, -0.05) is 48.7 Å². The second-order valence-corrected chi connectivity index (χ2v) is 8.73. The molecule has 0 radical (unpaired) electrons. The molecular weight excluding hydrogens is 404 g/mol. The van der Waals surface area contributed by atoms with Gasteiger partial charge < -0.3 is 0 Å². The summed E-state index contributed by atoms with van der Waals surface area (Å²) in [6.45, 7) is 6.76. The summed E-state index contributed by atoms with van der Waals surface area (Å²) in [7, 11) is -8.04. The van der Waals surface area contributed by atoms with E-state index < -0.39 is 20.2 Å². The fraction of sp³-hybridized carbons (Fsp3) is 0.333. The van der Waals surface area contributed by atoms with Crippen LogP contribution in [0.4, 0.5) is 0 Å². The van der Waals surface area contributed by atoms with Crippen molar-refractivity contribution in [3.05, 3.63) is 59.7 Å². The number of nitrogens with two attached hydrogens (primary N) is 1. The molecule has 2 aromatic carbocycles. The Hall–Kier alpha value is -1.82. The largest absolute Gasteiger partial charge is 0.294 e. The molecule has 8 nitrogen and oxygen atoms in total. The van der Waals surface area contributed by atoms with Crippen LogP contribution >= 0.6 is 0 Å². The second-order valence-electron chi connectivity index (χ2n) is 5.88. The number of hydrogen-bond donors (Lipinski definition) is 4. The normalized spacial score (nSPS) is 10.9. The third kappa shape index (κ3) is 11.8. The van der Waals surface area contributed by atoms with Gasteiger partial charge in [0.15, 0.2) is 0 Å². The van der Waals surface area contributed by atoms with E-state index in [1.807, 2.05) is 13.8 Å². The molecule has 0 unspecified atom stereocenters. The molecule has 28 heavy (non-hydrogen) atoms. The summed E-state index contributed by atoms with van der Waals surface area (Å²) in [6, 6.07) is 12.0. The summed E-state index contributed by atoms with van der Waals surface area (Å²) in [4.78, 5) is -0.133. The third-order valence-electron chi connectivity index (χ3n) is 3.31. The Morgan fingerprint density at radius 3 is 1.29 bits per heavy atom. The van der Waals surface area contributed by atoms with Crippen molar-refractivity contribution in [1.82, 2.24) is 5.43 Å². The first-order valence-electron chi connectivity index (χ1n) is 8.43. The lowest BCUT2D eigenvalue weighted by Gasteiger charge is -1.95. The maximum absolute atomic E-state index is 10.5. The Kier molecular flexibility index (Phi) is 11.8. The summed E-state index contributed by atoms with van der Waals surface area (Å²) in [5.41, 5.74) is 4.48. The van der Waals surface area contributed by atoms with Crippen LogP contribution in [0.2, 0.25) is 0 Å². The Bertz CT molecular complexity index is 817. The molecule has 2 aromatic rings. The maximum atomic E-state index is 10.5. The van der Waals surface area contributed by atoms with Gasteiger partial charge in [-0.15, -0.1) is 0 Å². The summed E-state index contributed by atoms with van der Waals surface area (Å²) in [6.07, 6.45) is 2.39. The highest BCUT2D eigenvalue weighted by Gasteiger charge is 2.07. The standard InChI is InChI=1S/2C7H8O3S.C4H12N2/c2*1-6-2-4-7(5-3-6)11(8,9)10;1-2-3-4-6-5/h2*2-5H,1H3,(H,8,9,10);6H,2-5H2,1H3. The molecule has 0 spiro atoms. The first kappa shape index (κ1) is 26.2. The summed E-state index contributed by atoms with van der Waals surface area (Å²) < 4.78 is 59.1. The zero-order valence-corrected chi connectivity index (χ0v) is 17.8. The number of nitrogens with one attached hydrogen (secondary N) is 1. The predicted molar refractivity (Wildman–Crippen MR) is 109 cm³/mol. The van der Waals surface area contributed by atoms with E-state index in [4.69, 9.17) is 14.9 Å². The minimum absolute atomic E-state index is 0.0666. The van der Waals surface area contributed by atoms with Gasteiger partial charge in [0.05, 0.1) is 9.79 Å². The highest BCUT2D eigenvalue weighted by atomic mass is 32.2. The van der Waals surface area contributed by atoms with Crippen LogP contribution in [0, 0.1) is 13.8 Å². The molecule has 0 heterocycles. The molecule has 0 aliphatic carbocycles. The van der Waals surface area contributed by atoms with Gasteiger partial charge in [0.1, 0.15) is 0 Å². The Morgan fingerprint density at radius 1 is 0.786 bits per heavy atom. The van der Waals surface area contributed by atoms with Gasteiger partial charge in [-0.25, -0.2) is 0 Å². The molecule has 2 rings (SSSR count). The quantitative estimate of drug-likeness (QED) is 0.244. The highest BCUT2D eigenvalue weighted by Crippen LogP contribution is 2.09. The lowest BCUT2D eigenvalue weighted by molar-refractivity contribution is 0.481. The van der Waals surface area contributed by atoms with Crippen LogP contribution in [-0.2, 0) is 20.2 Å². The summed E-state index contributed by atoms with van der Waals surface area (Å²) >= 11 is 0. The lowest BCUT2D eigenvalue weighted by atomic mass is 10.2. The van der Waals surface area contributed by atoms with E-state index in [1.165, 1.54) is 37.1 Å². The molecule has 0 saturated carbocycles. The van der Waals surface area contributed by atoms with Gasteiger partial charge in [-0.2, -0.15) is 16.8 Å². The average Bonchev–Trinajstić information content (AvgIpc) is 2.60. The first-order valence-corrected chi connectivity index (χ1v) is 11.3. The lowest BCUT2D eigenvalue weighted by Crippen LogP contribution is -2.22. The van der Waals surface area contributed by atoms with E-state index in [1.54, 1.807) is 24.3 Å². The van der Waals surface area contributed by atoms with Gasteiger partial charge in [0.2, 0.25) is 0 Å². The fourth-order valence-corrected chi connectivity index (χ4v) is 2.66. The third-order valence-corrected chi connectivity index (χ3v) is 5.05. The molecule has 158 valence electrons. The van der Waals surface area contributed by atoms with Gasteiger partial charge in [-0.05, 0) is 44.5 Å². The average molecular weight is 433 g/mol. The molecule has 0 fully saturated rings. The number of unbranched alkanes of at least 4 members (excludes halogenated alkanes) is 1. The number of rotatable bonds is 5. The first-order chi connectivity index (χ1) is 12.9. The Balaban J connectivity index is 0.000000411. The van der Waals surface area contributed by atoms with Gasteiger partial charge >= 0.3 is 0 Å². The number of hydrazine groups is 1. The van der Waals surface area contributed by atoms with Crippen molar-refractivity contribution in [1.29, 1.82) is 0 Å². The monoisotopic (exact) mass is 432 g/mol. The van der Waals surface area contributed by atoms with Gasteiger partial charge in [-0.3, -0.25) is 20.4 Å². The van der Waals surface area contributed by atoms with Crippen LogP contribution in [0.5, 0.6) is 0 Å². The van der Waals surface area contributed by atoms with Crippen molar-refractivity contribution in [2.75, 3.05) is 6.54 Å². The van der Waals surface area contributed by atoms with Crippen molar-refractivity contribution in [3.8, 4) is 0 Å². The minimum atomic E-state index is -4.02. The van der Waals surface area contributed by atoms with Crippen molar-refractivity contribution < 1.29 is 25.9 Å². The van der Waals surface area contributed by atoms with E-state index in [9.17, 15) is 16.8 Å². The van der Waals surface area contributed by atoms with Crippen LogP contribution in [0.1, 0.15) is 30.9 Å². The zero-order chi connectivity index (χ0) is 21.8. The molecule has 0 bridgehead atoms. The fourth-order valence-electron chi connectivity index (χ4n) is 1.70. The van der Waals surface area contributed by atoms with Gasteiger partial charge in [0, 0.05) is 6.54 Å². The van der Waals surface area contributed by atoms with E-state index >= 15 is 0 Å². The molecule has 10 heteroatoms.